The third kappa shape index (κ3) is 2.78. The molecule has 0 spiro atoms. The second-order valence-electron chi connectivity index (χ2n) is 4.55. The van der Waals surface area contributed by atoms with E-state index in [1.807, 2.05) is 24.3 Å². The number of nitro benzene ring substituents is 1. The minimum Gasteiger partial charge on any atom is -0.496 e. The fourth-order valence-corrected chi connectivity index (χ4v) is 2.04. The maximum atomic E-state index is 10.9. The summed E-state index contributed by atoms with van der Waals surface area (Å²) >= 11 is 0. The number of non-ortho nitro benzene ring substituents is 1. The lowest BCUT2D eigenvalue weighted by atomic mass is 10.2. The molecule has 0 amide bonds. The zero-order valence-corrected chi connectivity index (χ0v) is 11.7. The van der Waals surface area contributed by atoms with Crippen LogP contribution in [-0.4, -0.2) is 22.0 Å². The summed E-state index contributed by atoms with van der Waals surface area (Å²) in [6.07, 6.45) is 1.58. The van der Waals surface area contributed by atoms with Crippen molar-refractivity contribution in [3.8, 4) is 5.75 Å². The van der Waals surface area contributed by atoms with Gasteiger partial charge in [0.2, 0.25) is 0 Å². The monoisotopic (exact) mass is 296 g/mol. The average molecular weight is 296 g/mol. The van der Waals surface area contributed by atoms with Crippen LogP contribution in [0.15, 0.2) is 48.7 Å². The highest BCUT2D eigenvalue weighted by Crippen LogP contribution is 2.27. The van der Waals surface area contributed by atoms with Crippen molar-refractivity contribution in [2.24, 2.45) is 0 Å². The number of anilines is 2. The van der Waals surface area contributed by atoms with Gasteiger partial charge in [-0.25, -0.2) is 4.98 Å². The number of benzene rings is 2. The number of methoxy groups -OCH3 is 1. The number of nitro groups is 1. The molecule has 1 heterocycles. The van der Waals surface area contributed by atoms with E-state index in [0.717, 1.165) is 11.0 Å². The Morgan fingerprint density at radius 2 is 1.95 bits per heavy atom. The number of hydrogen-bond donors (Lipinski definition) is 1. The summed E-state index contributed by atoms with van der Waals surface area (Å²) in [5.41, 5.74) is 1.97. The van der Waals surface area contributed by atoms with Crippen molar-refractivity contribution in [1.29, 1.82) is 0 Å². The van der Waals surface area contributed by atoms with E-state index in [1.54, 1.807) is 12.3 Å². The third-order valence-electron chi connectivity index (χ3n) is 3.06. The Labute approximate surface area is 125 Å². The zero-order valence-electron chi connectivity index (χ0n) is 11.7. The number of hydrogen-bond acceptors (Lipinski definition) is 6. The summed E-state index contributed by atoms with van der Waals surface area (Å²) in [6.45, 7) is 0. The molecule has 0 saturated heterocycles. The molecule has 0 saturated carbocycles. The van der Waals surface area contributed by atoms with Crippen molar-refractivity contribution in [3.05, 3.63) is 58.8 Å². The van der Waals surface area contributed by atoms with E-state index < -0.39 is 4.92 Å². The summed E-state index contributed by atoms with van der Waals surface area (Å²) in [7, 11) is 1.46. The Hall–Kier alpha value is -3.22. The molecule has 0 unspecified atom stereocenters. The average Bonchev–Trinajstić information content (AvgIpc) is 2.54. The van der Waals surface area contributed by atoms with Crippen LogP contribution < -0.4 is 10.1 Å². The lowest BCUT2D eigenvalue weighted by molar-refractivity contribution is -0.384. The van der Waals surface area contributed by atoms with Crippen LogP contribution in [0.4, 0.5) is 17.2 Å². The largest absolute Gasteiger partial charge is 0.496 e. The van der Waals surface area contributed by atoms with Crippen LogP contribution in [0, 0.1) is 10.1 Å². The van der Waals surface area contributed by atoms with Crippen molar-refractivity contribution in [3.63, 3.8) is 0 Å². The molecule has 22 heavy (non-hydrogen) atoms. The number of fused-ring (bicyclic) bond motifs is 1. The van der Waals surface area contributed by atoms with Gasteiger partial charge in [0, 0.05) is 12.1 Å². The zero-order chi connectivity index (χ0) is 15.5. The Kier molecular flexibility index (Phi) is 3.53. The van der Waals surface area contributed by atoms with Crippen LogP contribution in [0.2, 0.25) is 0 Å². The molecule has 0 atom stereocenters. The predicted molar refractivity (Wildman–Crippen MR) is 82.5 cm³/mol. The second kappa shape index (κ2) is 5.65. The molecule has 1 N–H and O–H groups in total. The molecule has 7 nitrogen and oxygen atoms in total. The molecule has 7 heteroatoms. The molecule has 1 aromatic heterocycles. The predicted octanol–water partition coefficient (Wildman–Crippen LogP) is 3.29. The van der Waals surface area contributed by atoms with Gasteiger partial charge >= 0.3 is 0 Å². The lowest BCUT2D eigenvalue weighted by Gasteiger charge is -2.08. The SMILES string of the molecule is COc1cc(Nc2cnc3ccccc3n2)cc([N+](=O)[O-])c1. The molecular weight excluding hydrogens is 284 g/mol. The smallest absolute Gasteiger partial charge is 0.275 e. The Morgan fingerprint density at radius 3 is 2.68 bits per heavy atom. The number of nitrogens with one attached hydrogen (secondary N) is 1. The van der Waals surface area contributed by atoms with Crippen molar-refractivity contribution >= 4 is 28.2 Å². The molecular formula is C15H12N4O3. The Morgan fingerprint density at radius 1 is 1.18 bits per heavy atom. The molecule has 110 valence electrons. The van der Waals surface area contributed by atoms with Gasteiger partial charge in [-0.05, 0) is 12.1 Å². The highest BCUT2D eigenvalue weighted by Gasteiger charge is 2.11. The van der Waals surface area contributed by atoms with Crippen molar-refractivity contribution in [2.45, 2.75) is 0 Å². The van der Waals surface area contributed by atoms with Gasteiger partial charge in [0.1, 0.15) is 11.6 Å². The first kappa shape index (κ1) is 13.7. The second-order valence-corrected chi connectivity index (χ2v) is 4.55. The van der Waals surface area contributed by atoms with E-state index in [4.69, 9.17) is 4.74 Å². The summed E-state index contributed by atoms with van der Waals surface area (Å²) in [5.74, 6) is 0.895. The number of rotatable bonds is 4. The fourth-order valence-electron chi connectivity index (χ4n) is 2.04. The summed E-state index contributed by atoms with van der Waals surface area (Å²) in [4.78, 5) is 19.2. The molecule has 0 aliphatic rings. The van der Waals surface area contributed by atoms with Crippen LogP contribution in [0.5, 0.6) is 5.75 Å². The Bertz CT molecular complexity index is 851. The highest BCUT2D eigenvalue weighted by atomic mass is 16.6. The quantitative estimate of drug-likeness (QED) is 0.587. The van der Waals surface area contributed by atoms with Gasteiger partial charge in [-0.15, -0.1) is 0 Å². The van der Waals surface area contributed by atoms with E-state index in [2.05, 4.69) is 15.3 Å². The maximum absolute atomic E-state index is 10.9. The number of aromatic nitrogens is 2. The molecule has 3 aromatic rings. The van der Waals surface area contributed by atoms with Gasteiger partial charge in [-0.2, -0.15) is 0 Å². The van der Waals surface area contributed by atoms with Gasteiger partial charge < -0.3 is 10.1 Å². The first-order valence-corrected chi connectivity index (χ1v) is 6.48. The van der Waals surface area contributed by atoms with Gasteiger partial charge in [-0.3, -0.25) is 15.1 Å². The van der Waals surface area contributed by atoms with Crippen LogP contribution in [0.3, 0.4) is 0 Å². The van der Waals surface area contributed by atoms with Gasteiger partial charge in [-0.1, -0.05) is 12.1 Å². The molecule has 0 bridgehead atoms. The van der Waals surface area contributed by atoms with Crippen molar-refractivity contribution < 1.29 is 9.66 Å². The Balaban J connectivity index is 1.96. The summed E-state index contributed by atoms with van der Waals surface area (Å²) < 4.78 is 5.07. The van der Waals surface area contributed by atoms with Gasteiger partial charge in [0.15, 0.2) is 0 Å². The minimum absolute atomic E-state index is 0.0596. The summed E-state index contributed by atoms with van der Waals surface area (Å²) in [6, 6.07) is 11.9. The molecule has 0 aliphatic carbocycles. The third-order valence-corrected chi connectivity index (χ3v) is 3.06. The minimum atomic E-state index is -0.472. The first-order chi connectivity index (χ1) is 10.7. The van der Waals surface area contributed by atoms with Crippen LogP contribution in [0.25, 0.3) is 11.0 Å². The van der Waals surface area contributed by atoms with Crippen molar-refractivity contribution in [2.75, 3.05) is 12.4 Å². The van der Waals surface area contributed by atoms with Crippen molar-refractivity contribution in [1.82, 2.24) is 9.97 Å². The number of nitrogens with zero attached hydrogens (tertiary/aromatic N) is 3. The van der Waals surface area contributed by atoms with E-state index >= 15 is 0 Å². The van der Waals surface area contributed by atoms with E-state index in [-0.39, 0.29) is 5.69 Å². The van der Waals surface area contributed by atoms with E-state index in [9.17, 15) is 10.1 Å². The van der Waals surface area contributed by atoms with Gasteiger partial charge in [0.25, 0.3) is 5.69 Å². The first-order valence-electron chi connectivity index (χ1n) is 6.48. The van der Waals surface area contributed by atoms with Crippen LogP contribution >= 0.6 is 0 Å². The number of para-hydroxylation sites is 2. The summed E-state index contributed by atoms with van der Waals surface area (Å²) in [5, 5.41) is 14.0. The van der Waals surface area contributed by atoms with E-state index in [0.29, 0.717) is 17.3 Å². The molecule has 3 rings (SSSR count). The van der Waals surface area contributed by atoms with Crippen LogP contribution in [0.1, 0.15) is 0 Å². The fraction of sp³-hybridized carbons (Fsp3) is 0.0667. The molecule has 0 fully saturated rings. The molecule has 2 aromatic carbocycles. The normalized spacial score (nSPS) is 10.4. The molecule has 0 radical (unpaired) electrons. The van der Waals surface area contributed by atoms with Crippen LogP contribution in [-0.2, 0) is 0 Å². The van der Waals surface area contributed by atoms with Gasteiger partial charge in [0.05, 0.1) is 41.0 Å². The standard InChI is InChI=1S/C15H12N4O3/c1-22-12-7-10(6-11(8-12)19(20)21)17-15-9-16-13-4-2-3-5-14(13)18-15/h2-9H,1H3,(H,17,18). The lowest BCUT2D eigenvalue weighted by Crippen LogP contribution is -1.98. The maximum Gasteiger partial charge on any atom is 0.275 e. The number of ether oxygens (including phenoxy) is 1. The highest BCUT2D eigenvalue weighted by molar-refractivity contribution is 5.76. The van der Waals surface area contributed by atoms with E-state index in [1.165, 1.54) is 19.2 Å². The molecule has 0 aliphatic heterocycles. The topological polar surface area (TPSA) is 90.2 Å².